The highest BCUT2D eigenvalue weighted by atomic mass is 32.2. The van der Waals surface area contributed by atoms with Gasteiger partial charge < -0.3 is 9.47 Å². The maximum atomic E-state index is 13.2. The molecule has 0 saturated carbocycles. The highest BCUT2D eigenvalue weighted by Gasteiger charge is 2.32. The molecule has 1 fully saturated rings. The van der Waals surface area contributed by atoms with Gasteiger partial charge in [-0.15, -0.1) is 0 Å². The number of sulfonamides is 1. The van der Waals surface area contributed by atoms with Crippen molar-refractivity contribution in [2.75, 3.05) is 24.5 Å². The number of hydrogen-bond donors (Lipinski definition) is 0. The molecule has 28 heavy (non-hydrogen) atoms. The van der Waals surface area contributed by atoms with Gasteiger partial charge in [0.25, 0.3) is 5.91 Å². The quantitative estimate of drug-likeness (QED) is 0.794. The standard InChI is InChI=1S/C21H27N3O3S/c1-16-7-5-11-23(14-16)28(26,27)18-13-20(22(2)15-18)21(25)24-12-6-9-17-8-3-4-10-19(17)24/h3-4,8,10,13,15-16H,5-7,9,11-12,14H2,1-2H3/t16-/m0/s1. The van der Waals surface area contributed by atoms with Crippen LogP contribution in [0.4, 0.5) is 5.69 Å². The molecule has 0 spiro atoms. The fraction of sp³-hybridized carbons (Fsp3) is 0.476. The molecule has 0 unspecified atom stereocenters. The molecule has 3 heterocycles. The van der Waals surface area contributed by atoms with E-state index in [9.17, 15) is 13.2 Å². The molecule has 0 bridgehead atoms. The van der Waals surface area contributed by atoms with Crippen LogP contribution in [0.3, 0.4) is 0 Å². The van der Waals surface area contributed by atoms with Gasteiger partial charge in [-0.1, -0.05) is 25.1 Å². The summed E-state index contributed by atoms with van der Waals surface area (Å²) in [6, 6.07) is 9.46. The third-order valence-electron chi connectivity index (χ3n) is 5.81. The van der Waals surface area contributed by atoms with E-state index in [2.05, 4.69) is 6.92 Å². The van der Waals surface area contributed by atoms with E-state index in [0.29, 0.717) is 31.2 Å². The van der Waals surface area contributed by atoms with Crippen LogP contribution in [-0.4, -0.2) is 42.8 Å². The molecule has 1 aromatic heterocycles. The fourth-order valence-corrected chi connectivity index (χ4v) is 5.95. The Morgan fingerprint density at radius 3 is 2.71 bits per heavy atom. The normalized spacial score (nSPS) is 20.8. The van der Waals surface area contributed by atoms with Gasteiger partial charge in [0, 0.05) is 38.6 Å². The lowest BCUT2D eigenvalue weighted by molar-refractivity contribution is 0.0977. The molecular weight excluding hydrogens is 374 g/mol. The second-order valence-electron chi connectivity index (χ2n) is 7.97. The zero-order chi connectivity index (χ0) is 19.9. The summed E-state index contributed by atoms with van der Waals surface area (Å²) in [5.74, 6) is 0.210. The van der Waals surface area contributed by atoms with Crippen LogP contribution in [0.15, 0.2) is 41.4 Å². The number of carbonyl (C=O) groups excluding carboxylic acids is 1. The number of hydrogen-bond acceptors (Lipinski definition) is 3. The van der Waals surface area contributed by atoms with E-state index in [1.807, 2.05) is 24.3 Å². The van der Waals surface area contributed by atoms with E-state index in [1.165, 1.54) is 6.07 Å². The number of fused-ring (bicyclic) bond motifs is 1. The number of rotatable bonds is 3. The summed E-state index contributed by atoms with van der Waals surface area (Å²) in [4.78, 5) is 15.2. The Morgan fingerprint density at radius 1 is 1.14 bits per heavy atom. The lowest BCUT2D eigenvalue weighted by Crippen LogP contribution is -2.39. The second kappa shape index (κ2) is 7.37. The molecule has 4 rings (SSSR count). The van der Waals surface area contributed by atoms with Crippen molar-refractivity contribution in [3.05, 3.63) is 47.8 Å². The SMILES string of the molecule is C[C@H]1CCCN(S(=O)(=O)c2cc(C(=O)N3CCCc4ccccc43)n(C)c2)C1. The smallest absolute Gasteiger partial charge is 0.274 e. The Labute approximate surface area is 166 Å². The molecule has 0 radical (unpaired) electrons. The predicted octanol–water partition coefficient (Wildman–Crippen LogP) is 3.04. The Morgan fingerprint density at radius 2 is 1.93 bits per heavy atom. The topological polar surface area (TPSA) is 62.6 Å². The molecule has 1 atom stereocenters. The fourth-order valence-electron chi connectivity index (χ4n) is 4.28. The highest BCUT2D eigenvalue weighted by molar-refractivity contribution is 7.89. The average Bonchev–Trinajstić information content (AvgIpc) is 3.09. The lowest BCUT2D eigenvalue weighted by Gasteiger charge is -2.29. The molecule has 1 aromatic carbocycles. The molecule has 2 aromatic rings. The Kier molecular flexibility index (Phi) is 5.05. The third-order valence-corrected chi connectivity index (χ3v) is 7.64. The van der Waals surface area contributed by atoms with Crippen molar-refractivity contribution in [1.29, 1.82) is 0 Å². The summed E-state index contributed by atoms with van der Waals surface area (Å²) in [5.41, 5.74) is 2.49. The maximum Gasteiger partial charge on any atom is 0.274 e. The predicted molar refractivity (Wildman–Crippen MR) is 109 cm³/mol. The summed E-state index contributed by atoms with van der Waals surface area (Å²) in [6.45, 7) is 3.81. The highest BCUT2D eigenvalue weighted by Crippen LogP contribution is 2.30. The first-order chi connectivity index (χ1) is 13.4. The zero-order valence-corrected chi connectivity index (χ0v) is 17.3. The molecule has 150 valence electrons. The summed E-state index contributed by atoms with van der Waals surface area (Å²) in [6.07, 6.45) is 5.37. The summed E-state index contributed by atoms with van der Waals surface area (Å²) >= 11 is 0. The van der Waals surface area contributed by atoms with Gasteiger partial charge in [-0.05, 0) is 49.3 Å². The minimum Gasteiger partial charge on any atom is -0.345 e. The van der Waals surface area contributed by atoms with Crippen molar-refractivity contribution < 1.29 is 13.2 Å². The number of aromatic nitrogens is 1. The number of nitrogens with zero attached hydrogens (tertiary/aromatic N) is 3. The number of aryl methyl sites for hydroxylation is 2. The molecule has 0 aliphatic carbocycles. The lowest BCUT2D eigenvalue weighted by atomic mass is 10.0. The molecule has 0 N–H and O–H groups in total. The third kappa shape index (κ3) is 3.37. The van der Waals surface area contributed by atoms with Crippen molar-refractivity contribution in [3.8, 4) is 0 Å². The zero-order valence-electron chi connectivity index (χ0n) is 16.5. The van der Waals surface area contributed by atoms with E-state index < -0.39 is 10.0 Å². The molecule has 1 saturated heterocycles. The van der Waals surface area contributed by atoms with Crippen molar-refractivity contribution in [3.63, 3.8) is 0 Å². The maximum absolute atomic E-state index is 13.2. The summed E-state index contributed by atoms with van der Waals surface area (Å²) in [7, 11) is -1.84. The van der Waals surface area contributed by atoms with E-state index in [0.717, 1.165) is 36.9 Å². The van der Waals surface area contributed by atoms with Crippen LogP contribution < -0.4 is 4.90 Å². The number of anilines is 1. The van der Waals surface area contributed by atoms with Crippen LogP contribution in [0.1, 0.15) is 42.2 Å². The second-order valence-corrected chi connectivity index (χ2v) is 9.91. The van der Waals surface area contributed by atoms with Gasteiger partial charge in [0.15, 0.2) is 0 Å². The molecule has 1 amide bonds. The number of amides is 1. The number of para-hydroxylation sites is 1. The number of piperidine rings is 1. The van der Waals surface area contributed by atoms with Crippen LogP contribution >= 0.6 is 0 Å². The number of carbonyl (C=O) groups is 1. The van der Waals surface area contributed by atoms with Gasteiger partial charge in [-0.3, -0.25) is 4.79 Å². The average molecular weight is 402 g/mol. The first-order valence-electron chi connectivity index (χ1n) is 9.94. The van der Waals surface area contributed by atoms with Crippen molar-refractivity contribution in [2.45, 2.75) is 37.5 Å². The van der Waals surface area contributed by atoms with Gasteiger partial charge >= 0.3 is 0 Å². The number of benzene rings is 1. The Bertz CT molecular complexity index is 996. The Hall–Kier alpha value is -2.12. The van der Waals surface area contributed by atoms with Crippen molar-refractivity contribution in [1.82, 2.24) is 8.87 Å². The van der Waals surface area contributed by atoms with E-state index in [4.69, 9.17) is 0 Å². The molecule has 7 heteroatoms. The van der Waals surface area contributed by atoms with Gasteiger partial charge in [-0.25, -0.2) is 8.42 Å². The minimum atomic E-state index is -3.58. The van der Waals surface area contributed by atoms with Gasteiger partial charge in [-0.2, -0.15) is 4.31 Å². The van der Waals surface area contributed by atoms with Crippen LogP contribution in [0.5, 0.6) is 0 Å². The monoisotopic (exact) mass is 401 g/mol. The van der Waals surface area contributed by atoms with Crippen LogP contribution in [-0.2, 0) is 23.5 Å². The van der Waals surface area contributed by atoms with Crippen LogP contribution in [0.2, 0.25) is 0 Å². The molecule has 2 aliphatic heterocycles. The minimum absolute atomic E-state index is 0.150. The van der Waals surface area contributed by atoms with Crippen LogP contribution in [0.25, 0.3) is 0 Å². The summed E-state index contributed by atoms with van der Waals surface area (Å²) in [5, 5.41) is 0. The molecule has 6 nitrogen and oxygen atoms in total. The van der Waals surface area contributed by atoms with E-state index in [-0.39, 0.29) is 10.8 Å². The van der Waals surface area contributed by atoms with Gasteiger partial charge in [0.2, 0.25) is 10.0 Å². The first-order valence-corrected chi connectivity index (χ1v) is 11.4. The molecular formula is C21H27N3O3S. The largest absolute Gasteiger partial charge is 0.345 e. The molecule has 2 aliphatic rings. The Balaban J connectivity index is 1.64. The summed E-state index contributed by atoms with van der Waals surface area (Å²) < 4.78 is 29.4. The van der Waals surface area contributed by atoms with Gasteiger partial charge in [0.05, 0.1) is 0 Å². The van der Waals surface area contributed by atoms with E-state index >= 15 is 0 Å². The first kappa shape index (κ1) is 19.2. The van der Waals surface area contributed by atoms with Crippen LogP contribution in [0, 0.1) is 5.92 Å². The van der Waals surface area contributed by atoms with E-state index in [1.54, 1.807) is 27.0 Å². The van der Waals surface area contributed by atoms with Crippen molar-refractivity contribution >= 4 is 21.6 Å². The van der Waals surface area contributed by atoms with Crippen molar-refractivity contribution in [2.24, 2.45) is 13.0 Å². The van der Waals surface area contributed by atoms with Gasteiger partial charge in [0.1, 0.15) is 10.6 Å².